The van der Waals surface area contributed by atoms with Gasteiger partial charge in [0.25, 0.3) is 5.91 Å². The van der Waals surface area contributed by atoms with Gasteiger partial charge >= 0.3 is 0 Å². The molecule has 1 amide bonds. The van der Waals surface area contributed by atoms with E-state index in [1.165, 1.54) is 11.3 Å². The molecule has 1 saturated heterocycles. The first-order chi connectivity index (χ1) is 7.66. The van der Waals surface area contributed by atoms with Gasteiger partial charge in [-0.05, 0) is 57.3 Å². The van der Waals surface area contributed by atoms with Crippen LogP contribution in [0.15, 0.2) is 13.6 Å². The number of carbonyl (C=O) groups is 1. The van der Waals surface area contributed by atoms with Crippen molar-refractivity contribution < 1.29 is 4.79 Å². The predicted octanol–water partition coefficient (Wildman–Crippen LogP) is 2.75. The Hall–Kier alpha value is 0.0900. The van der Waals surface area contributed by atoms with Crippen molar-refractivity contribution in [2.75, 3.05) is 13.1 Å². The van der Waals surface area contributed by atoms with Crippen LogP contribution in [0.5, 0.6) is 0 Å². The summed E-state index contributed by atoms with van der Waals surface area (Å²) in [5.41, 5.74) is 0.711. The van der Waals surface area contributed by atoms with Crippen LogP contribution in [-0.4, -0.2) is 25.0 Å². The molecule has 1 aromatic heterocycles. The number of amides is 1. The van der Waals surface area contributed by atoms with Crippen molar-refractivity contribution in [3.8, 4) is 0 Å². The Morgan fingerprint density at radius 2 is 2.38 bits per heavy atom. The Kier molecular flexibility index (Phi) is 4.41. The maximum absolute atomic E-state index is 12.0. The van der Waals surface area contributed by atoms with Gasteiger partial charge in [-0.1, -0.05) is 0 Å². The van der Waals surface area contributed by atoms with Gasteiger partial charge in [-0.15, -0.1) is 11.3 Å². The third kappa shape index (κ3) is 3.06. The summed E-state index contributed by atoms with van der Waals surface area (Å²) in [5, 5.41) is 6.32. The lowest BCUT2D eigenvalue weighted by Gasteiger charge is -2.23. The maximum Gasteiger partial charge on any atom is 0.253 e. The van der Waals surface area contributed by atoms with Crippen molar-refractivity contribution in [1.29, 1.82) is 0 Å². The number of halogens is 2. The van der Waals surface area contributed by atoms with E-state index in [0.717, 1.165) is 33.5 Å². The standard InChI is InChI=1S/C10H12Br2N2OS/c11-8-4-7(9(12)16-8)10(15)14-6-2-1-3-13-5-6/h4,6,13H,1-3,5H2,(H,14,15)/t6-/m0/s1. The Morgan fingerprint density at radius 1 is 1.56 bits per heavy atom. The van der Waals surface area contributed by atoms with E-state index in [9.17, 15) is 4.79 Å². The molecule has 2 N–H and O–H groups in total. The van der Waals surface area contributed by atoms with Crippen LogP contribution in [-0.2, 0) is 0 Å². The molecule has 1 atom stereocenters. The second-order valence-electron chi connectivity index (χ2n) is 3.75. The normalized spacial score (nSPS) is 20.8. The van der Waals surface area contributed by atoms with E-state index in [0.29, 0.717) is 5.56 Å². The third-order valence-corrected chi connectivity index (χ3v) is 4.87. The molecule has 0 aromatic carbocycles. The SMILES string of the molecule is O=C(N[C@H]1CCCNC1)c1cc(Br)sc1Br. The molecule has 16 heavy (non-hydrogen) atoms. The van der Waals surface area contributed by atoms with Gasteiger partial charge in [-0.2, -0.15) is 0 Å². The summed E-state index contributed by atoms with van der Waals surface area (Å²) < 4.78 is 1.84. The molecule has 0 spiro atoms. The summed E-state index contributed by atoms with van der Waals surface area (Å²) in [6.45, 7) is 1.93. The highest BCUT2D eigenvalue weighted by Crippen LogP contribution is 2.31. The number of carbonyl (C=O) groups excluding carboxylic acids is 1. The topological polar surface area (TPSA) is 41.1 Å². The first kappa shape index (κ1) is 12.5. The molecule has 1 aliphatic heterocycles. The van der Waals surface area contributed by atoms with Crippen LogP contribution in [0.25, 0.3) is 0 Å². The molecule has 0 aliphatic carbocycles. The van der Waals surface area contributed by atoms with Gasteiger partial charge in [0.15, 0.2) is 0 Å². The summed E-state index contributed by atoms with van der Waals surface area (Å²) in [6, 6.07) is 2.10. The molecule has 2 rings (SSSR count). The summed E-state index contributed by atoms with van der Waals surface area (Å²) in [7, 11) is 0. The van der Waals surface area contributed by atoms with E-state index in [1.54, 1.807) is 0 Å². The number of piperidine rings is 1. The minimum absolute atomic E-state index is 0.00234. The van der Waals surface area contributed by atoms with Crippen LogP contribution in [0.3, 0.4) is 0 Å². The summed E-state index contributed by atoms with van der Waals surface area (Å²) in [5.74, 6) is 0.00234. The zero-order valence-corrected chi connectivity index (χ0v) is 12.5. The van der Waals surface area contributed by atoms with E-state index < -0.39 is 0 Å². The zero-order chi connectivity index (χ0) is 11.5. The molecule has 1 aliphatic rings. The van der Waals surface area contributed by atoms with Crippen LogP contribution in [0.1, 0.15) is 23.2 Å². The van der Waals surface area contributed by atoms with Gasteiger partial charge in [0.05, 0.1) is 13.1 Å². The number of thiophene rings is 1. The zero-order valence-electron chi connectivity index (χ0n) is 8.56. The van der Waals surface area contributed by atoms with Gasteiger partial charge in [-0.25, -0.2) is 0 Å². The van der Waals surface area contributed by atoms with Crippen molar-refractivity contribution in [1.82, 2.24) is 10.6 Å². The van der Waals surface area contributed by atoms with E-state index >= 15 is 0 Å². The van der Waals surface area contributed by atoms with Crippen molar-refractivity contribution in [3.63, 3.8) is 0 Å². The Balaban J connectivity index is 1.99. The monoisotopic (exact) mass is 366 g/mol. The smallest absolute Gasteiger partial charge is 0.253 e. The molecular weight excluding hydrogens is 356 g/mol. The summed E-state index contributed by atoms with van der Waals surface area (Å²) >= 11 is 8.28. The van der Waals surface area contributed by atoms with Gasteiger partial charge < -0.3 is 10.6 Å². The molecule has 1 aromatic rings. The highest BCUT2D eigenvalue weighted by Gasteiger charge is 2.19. The molecule has 3 nitrogen and oxygen atoms in total. The Bertz CT molecular complexity index is 388. The first-order valence-corrected chi connectivity index (χ1v) is 7.53. The van der Waals surface area contributed by atoms with Crippen LogP contribution in [0.2, 0.25) is 0 Å². The van der Waals surface area contributed by atoms with Gasteiger partial charge in [-0.3, -0.25) is 4.79 Å². The Labute approximate surface area is 115 Å². The fourth-order valence-electron chi connectivity index (χ4n) is 1.73. The van der Waals surface area contributed by atoms with E-state index in [2.05, 4.69) is 42.5 Å². The molecule has 0 bridgehead atoms. The number of hydrogen-bond donors (Lipinski definition) is 2. The van der Waals surface area contributed by atoms with E-state index in [4.69, 9.17) is 0 Å². The molecule has 88 valence electrons. The van der Waals surface area contributed by atoms with Crippen molar-refractivity contribution >= 4 is 49.1 Å². The first-order valence-electron chi connectivity index (χ1n) is 5.13. The number of rotatable bonds is 2. The lowest BCUT2D eigenvalue weighted by molar-refractivity contribution is 0.0930. The molecule has 1 fully saturated rings. The summed E-state index contributed by atoms with van der Waals surface area (Å²) in [4.78, 5) is 12.0. The van der Waals surface area contributed by atoms with Gasteiger partial charge in [0, 0.05) is 12.6 Å². The van der Waals surface area contributed by atoms with Crippen molar-refractivity contribution in [3.05, 3.63) is 19.2 Å². The van der Waals surface area contributed by atoms with E-state index in [1.807, 2.05) is 6.07 Å². The molecule has 2 heterocycles. The number of nitrogens with one attached hydrogen (secondary N) is 2. The average Bonchev–Trinajstić information content (AvgIpc) is 2.59. The molecular formula is C10H12Br2N2OS. The second-order valence-corrected chi connectivity index (χ2v) is 7.50. The van der Waals surface area contributed by atoms with Gasteiger partial charge in [0.1, 0.15) is 0 Å². The molecule has 0 radical (unpaired) electrons. The average molecular weight is 368 g/mol. The minimum atomic E-state index is 0.00234. The van der Waals surface area contributed by atoms with Crippen molar-refractivity contribution in [2.45, 2.75) is 18.9 Å². The minimum Gasteiger partial charge on any atom is -0.348 e. The highest BCUT2D eigenvalue weighted by atomic mass is 79.9. The maximum atomic E-state index is 12.0. The predicted molar refractivity (Wildman–Crippen MR) is 73.1 cm³/mol. The third-order valence-electron chi connectivity index (χ3n) is 2.53. The second kappa shape index (κ2) is 5.62. The quantitative estimate of drug-likeness (QED) is 0.843. The highest BCUT2D eigenvalue weighted by molar-refractivity contribution is 9.12. The number of hydrogen-bond acceptors (Lipinski definition) is 3. The van der Waals surface area contributed by atoms with Crippen LogP contribution in [0.4, 0.5) is 0 Å². The molecule has 0 unspecified atom stereocenters. The molecule has 0 saturated carbocycles. The summed E-state index contributed by atoms with van der Waals surface area (Å²) in [6.07, 6.45) is 2.18. The van der Waals surface area contributed by atoms with Crippen LogP contribution in [0, 0.1) is 0 Å². The fraction of sp³-hybridized carbons (Fsp3) is 0.500. The van der Waals surface area contributed by atoms with E-state index in [-0.39, 0.29) is 11.9 Å². The van der Waals surface area contributed by atoms with Crippen molar-refractivity contribution in [2.24, 2.45) is 0 Å². The molecule has 6 heteroatoms. The van der Waals surface area contributed by atoms with Gasteiger partial charge in [0.2, 0.25) is 0 Å². The lowest BCUT2D eigenvalue weighted by Crippen LogP contribution is -2.45. The van der Waals surface area contributed by atoms with Crippen LogP contribution >= 0.6 is 43.2 Å². The van der Waals surface area contributed by atoms with Crippen LogP contribution < -0.4 is 10.6 Å². The Morgan fingerprint density at radius 3 is 2.94 bits per heavy atom. The largest absolute Gasteiger partial charge is 0.348 e. The fourth-order valence-corrected chi connectivity index (χ4v) is 4.53. The lowest BCUT2D eigenvalue weighted by atomic mass is 10.1.